The van der Waals surface area contributed by atoms with Crippen LogP contribution in [-0.2, 0) is 16.1 Å². The summed E-state index contributed by atoms with van der Waals surface area (Å²) in [4.78, 5) is 25.9. The first kappa shape index (κ1) is 15.9. The van der Waals surface area contributed by atoms with Gasteiger partial charge in [0, 0.05) is 12.7 Å². The molecule has 1 heterocycles. The van der Waals surface area contributed by atoms with E-state index in [1.807, 2.05) is 12.1 Å². The highest BCUT2D eigenvalue weighted by Crippen LogP contribution is 2.11. The maximum absolute atomic E-state index is 11.6. The number of hydrogen-bond donors (Lipinski definition) is 2. The van der Waals surface area contributed by atoms with Crippen LogP contribution in [-0.4, -0.2) is 30.6 Å². The molecule has 0 saturated heterocycles. The van der Waals surface area contributed by atoms with E-state index in [0.29, 0.717) is 11.6 Å². The molecule has 22 heavy (non-hydrogen) atoms. The Hall–Kier alpha value is -2.47. The Labute approximate surface area is 132 Å². The summed E-state index contributed by atoms with van der Waals surface area (Å²) in [5, 5.41) is 3.05. The van der Waals surface area contributed by atoms with Crippen LogP contribution in [0.15, 0.2) is 36.5 Å². The fourth-order valence-electron chi connectivity index (χ4n) is 1.69. The number of nitrogens with one attached hydrogen (secondary N) is 2. The van der Waals surface area contributed by atoms with Gasteiger partial charge in [-0.3, -0.25) is 4.79 Å². The van der Waals surface area contributed by atoms with Crippen LogP contribution in [0.1, 0.15) is 16.1 Å². The van der Waals surface area contributed by atoms with Crippen LogP contribution in [0.4, 0.5) is 0 Å². The molecule has 0 fully saturated rings. The van der Waals surface area contributed by atoms with Crippen molar-refractivity contribution in [2.75, 3.05) is 13.7 Å². The lowest BCUT2D eigenvalue weighted by atomic mass is 10.2. The van der Waals surface area contributed by atoms with Crippen LogP contribution in [0.2, 0.25) is 5.02 Å². The van der Waals surface area contributed by atoms with Crippen molar-refractivity contribution in [1.29, 1.82) is 0 Å². The van der Waals surface area contributed by atoms with Gasteiger partial charge in [-0.05, 0) is 23.8 Å². The van der Waals surface area contributed by atoms with Crippen LogP contribution in [0.25, 0.3) is 0 Å². The number of aromatic nitrogens is 1. The van der Waals surface area contributed by atoms with Crippen LogP contribution in [0.5, 0.6) is 5.75 Å². The zero-order chi connectivity index (χ0) is 15.9. The summed E-state index contributed by atoms with van der Waals surface area (Å²) in [6.07, 6.45) is 1.46. The van der Waals surface area contributed by atoms with Gasteiger partial charge in [-0.1, -0.05) is 23.7 Å². The summed E-state index contributed by atoms with van der Waals surface area (Å²) < 4.78 is 9.91. The predicted molar refractivity (Wildman–Crippen MR) is 80.9 cm³/mol. The fourth-order valence-corrected chi connectivity index (χ4v) is 1.85. The summed E-state index contributed by atoms with van der Waals surface area (Å²) in [6, 6.07) is 8.71. The van der Waals surface area contributed by atoms with Gasteiger partial charge in [0.25, 0.3) is 5.91 Å². The maximum Gasteiger partial charge on any atom is 0.355 e. The Morgan fingerprint density at radius 2 is 2.00 bits per heavy atom. The first-order valence-corrected chi connectivity index (χ1v) is 6.87. The van der Waals surface area contributed by atoms with Crippen LogP contribution >= 0.6 is 11.6 Å². The van der Waals surface area contributed by atoms with E-state index in [1.165, 1.54) is 12.3 Å². The third-order valence-corrected chi connectivity index (χ3v) is 3.07. The van der Waals surface area contributed by atoms with Crippen molar-refractivity contribution in [3.05, 3.63) is 52.8 Å². The van der Waals surface area contributed by atoms with Gasteiger partial charge in [-0.2, -0.15) is 0 Å². The number of benzene rings is 1. The molecule has 0 bridgehead atoms. The first-order chi connectivity index (χ1) is 10.6. The van der Waals surface area contributed by atoms with E-state index in [4.69, 9.17) is 21.1 Å². The van der Waals surface area contributed by atoms with Crippen molar-refractivity contribution in [3.63, 3.8) is 0 Å². The molecule has 1 aromatic heterocycles. The normalized spacial score (nSPS) is 10.1. The molecule has 0 unspecified atom stereocenters. The Morgan fingerprint density at radius 3 is 2.59 bits per heavy atom. The van der Waals surface area contributed by atoms with Gasteiger partial charge < -0.3 is 19.8 Å². The molecule has 0 saturated carbocycles. The zero-order valence-electron chi connectivity index (χ0n) is 11.9. The van der Waals surface area contributed by atoms with Gasteiger partial charge in [-0.15, -0.1) is 0 Å². The van der Waals surface area contributed by atoms with E-state index in [1.54, 1.807) is 19.2 Å². The molecule has 0 spiro atoms. The smallest absolute Gasteiger partial charge is 0.355 e. The number of methoxy groups -OCH3 is 1. The van der Waals surface area contributed by atoms with Crippen molar-refractivity contribution in [3.8, 4) is 5.75 Å². The summed E-state index contributed by atoms with van der Waals surface area (Å²) in [7, 11) is 1.59. The average molecular weight is 323 g/mol. The van der Waals surface area contributed by atoms with Crippen molar-refractivity contribution in [2.24, 2.45) is 0 Å². The molecule has 0 aliphatic carbocycles. The highest BCUT2D eigenvalue weighted by atomic mass is 35.5. The van der Waals surface area contributed by atoms with E-state index in [9.17, 15) is 9.59 Å². The number of hydrogen-bond acceptors (Lipinski definition) is 4. The second kappa shape index (κ2) is 7.51. The van der Waals surface area contributed by atoms with E-state index < -0.39 is 5.97 Å². The number of H-pyrrole nitrogens is 1. The number of ether oxygens (including phenoxy) is 2. The minimum Gasteiger partial charge on any atom is -0.497 e. The van der Waals surface area contributed by atoms with Gasteiger partial charge in [0.2, 0.25) is 0 Å². The first-order valence-electron chi connectivity index (χ1n) is 6.49. The Bertz CT molecular complexity index is 652. The minimum atomic E-state index is -0.633. The number of carbonyl (C=O) groups excluding carboxylic acids is 2. The van der Waals surface area contributed by atoms with E-state index in [0.717, 1.165) is 11.3 Å². The molecule has 0 aliphatic rings. The molecule has 0 radical (unpaired) electrons. The molecule has 2 N–H and O–H groups in total. The quantitative estimate of drug-likeness (QED) is 0.799. The van der Waals surface area contributed by atoms with Crippen molar-refractivity contribution < 1.29 is 19.1 Å². The van der Waals surface area contributed by atoms with Crippen molar-refractivity contribution in [1.82, 2.24) is 10.3 Å². The predicted octanol–water partition coefficient (Wildman–Crippen LogP) is 2.15. The number of aromatic amines is 1. The lowest BCUT2D eigenvalue weighted by Gasteiger charge is -2.07. The molecule has 0 aliphatic heterocycles. The number of amides is 1. The molecular weight excluding hydrogens is 308 g/mol. The van der Waals surface area contributed by atoms with Gasteiger partial charge in [0.05, 0.1) is 12.1 Å². The minimum absolute atomic E-state index is 0.202. The topological polar surface area (TPSA) is 80.4 Å². The lowest BCUT2D eigenvalue weighted by molar-refractivity contribution is -0.124. The van der Waals surface area contributed by atoms with Crippen LogP contribution in [0, 0.1) is 0 Å². The second-order valence-corrected chi connectivity index (χ2v) is 4.87. The Balaban J connectivity index is 1.74. The standard InChI is InChI=1S/C15H15ClN2O4/c1-21-12-4-2-10(3-5-12)7-18-14(19)9-22-15(20)13-6-11(16)8-17-13/h2-6,8,17H,7,9H2,1H3,(H,18,19). The highest BCUT2D eigenvalue weighted by molar-refractivity contribution is 6.30. The number of carbonyl (C=O) groups is 2. The summed E-state index contributed by atoms with van der Waals surface area (Å²) >= 11 is 5.68. The van der Waals surface area contributed by atoms with E-state index in [2.05, 4.69) is 10.3 Å². The molecule has 7 heteroatoms. The van der Waals surface area contributed by atoms with Gasteiger partial charge >= 0.3 is 5.97 Å². The highest BCUT2D eigenvalue weighted by Gasteiger charge is 2.11. The van der Waals surface area contributed by atoms with Crippen molar-refractivity contribution in [2.45, 2.75) is 6.54 Å². The number of rotatable bonds is 6. The molecular formula is C15H15ClN2O4. The third-order valence-electron chi connectivity index (χ3n) is 2.85. The van der Waals surface area contributed by atoms with Crippen LogP contribution < -0.4 is 10.1 Å². The van der Waals surface area contributed by atoms with Crippen LogP contribution in [0.3, 0.4) is 0 Å². The van der Waals surface area contributed by atoms with Gasteiger partial charge in [-0.25, -0.2) is 4.79 Å². The monoisotopic (exact) mass is 322 g/mol. The molecule has 1 amide bonds. The van der Waals surface area contributed by atoms with E-state index in [-0.39, 0.29) is 18.2 Å². The number of esters is 1. The third kappa shape index (κ3) is 4.53. The zero-order valence-corrected chi connectivity index (χ0v) is 12.6. The lowest BCUT2D eigenvalue weighted by Crippen LogP contribution is -2.28. The maximum atomic E-state index is 11.6. The Kier molecular flexibility index (Phi) is 5.43. The second-order valence-electron chi connectivity index (χ2n) is 4.43. The number of halogens is 1. The summed E-state index contributed by atoms with van der Waals surface area (Å²) in [6.45, 7) is -0.0136. The van der Waals surface area contributed by atoms with Crippen molar-refractivity contribution >= 4 is 23.5 Å². The summed E-state index contributed by atoms with van der Waals surface area (Å²) in [5.74, 6) is -0.276. The fraction of sp³-hybridized carbons (Fsp3) is 0.200. The molecule has 116 valence electrons. The van der Waals surface area contributed by atoms with Gasteiger partial charge in [0.1, 0.15) is 11.4 Å². The molecule has 0 atom stereocenters. The summed E-state index contributed by atoms with van der Waals surface area (Å²) in [5.41, 5.74) is 1.12. The van der Waals surface area contributed by atoms with Gasteiger partial charge in [0.15, 0.2) is 6.61 Å². The molecule has 2 aromatic rings. The average Bonchev–Trinajstić information content (AvgIpc) is 2.97. The molecule has 2 rings (SSSR count). The largest absolute Gasteiger partial charge is 0.497 e. The Morgan fingerprint density at radius 1 is 1.27 bits per heavy atom. The molecule has 1 aromatic carbocycles. The SMILES string of the molecule is COc1ccc(CNC(=O)COC(=O)c2cc(Cl)c[nH]2)cc1. The molecule has 6 nitrogen and oxygen atoms in total. The van der Waals surface area contributed by atoms with E-state index >= 15 is 0 Å².